The van der Waals surface area contributed by atoms with E-state index in [0.29, 0.717) is 31.3 Å². The largest absolute Gasteiger partial charge is 0.469 e. The first-order valence-corrected chi connectivity index (χ1v) is 5.58. The van der Waals surface area contributed by atoms with Crippen LogP contribution in [0.4, 0.5) is 0 Å². The predicted molar refractivity (Wildman–Crippen MR) is 62.0 cm³/mol. The first kappa shape index (κ1) is 13.5. The van der Waals surface area contributed by atoms with Gasteiger partial charge >= 0.3 is 5.97 Å². The molecular weight excluding hydrogens is 220 g/mol. The van der Waals surface area contributed by atoms with Crippen molar-refractivity contribution in [2.45, 2.75) is 38.2 Å². The van der Waals surface area contributed by atoms with Crippen LogP contribution < -0.4 is 0 Å². The van der Waals surface area contributed by atoms with E-state index in [-0.39, 0.29) is 18.2 Å². The Morgan fingerprint density at radius 1 is 1.53 bits per heavy atom. The molecule has 0 aromatic rings. The summed E-state index contributed by atoms with van der Waals surface area (Å²) in [4.78, 5) is 22.1. The number of Topliss-reactive ketones (excluding diaryl/α,β-unsaturated/α-hetero) is 1. The second-order valence-electron chi connectivity index (χ2n) is 3.82. The lowest BCUT2D eigenvalue weighted by Crippen LogP contribution is -2.01. The molecule has 0 aromatic carbocycles. The monoisotopic (exact) mass is 236 g/mol. The summed E-state index contributed by atoms with van der Waals surface area (Å²) in [6.45, 7) is 0. The molecule has 0 aliphatic heterocycles. The highest BCUT2D eigenvalue weighted by atomic mass is 16.5. The van der Waals surface area contributed by atoms with E-state index in [9.17, 15) is 14.7 Å². The van der Waals surface area contributed by atoms with Crippen molar-refractivity contribution in [3.63, 3.8) is 0 Å². The number of hydrogen-bond donors (Lipinski definition) is 1. The van der Waals surface area contributed by atoms with Crippen molar-refractivity contribution in [2.75, 3.05) is 7.11 Å². The molecule has 4 heteroatoms. The topological polar surface area (TPSA) is 63.6 Å². The number of aliphatic hydroxyl groups is 1. The highest BCUT2D eigenvalue weighted by Gasteiger charge is 2.20. The van der Waals surface area contributed by atoms with E-state index in [2.05, 4.69) is 16.6 Å². The number of methoxy groups -OCH3 is 1. The molecule has 0 fully saturated rings. The molecule has 0 unspecified atom stereocenters. The van der Waals surface area contributed by atoms with Gasteiger partial charge in [0.25, 0.3) is 0 Å². The molecule has 17 heavy (non-hydrogen) atoms. The Morgan fingerprint density at radius 2 is 2.24 bits per heavy atom. The summed E-state index contributed by atoms with van der Waals surface area (Å²) in [5, 5.41) is 9.21. The maximum atomic E-state index is 11.3. The van der Waals surface area contributed by atoms with Gasteiger partial charge in [-0.15, -0.1) is 11.8 Å². The molecule has 0 saturated heterocycles. The highest BCUT2D eigenvalue weighted by molar-refractivity contribution is 5.98. The molecule has 0 aromatic heterocycles. The summed E-state index contributed by atoms with van der Waals surface area (Å²) in [6.07, 6.45) is 3.09. The molecule has 1 atom stereocenters. The normalized spacial score (nSPS) is 18.4. The van der Waals surface area contributed by atoms with Gasteiger partial charge in [-0.25, -0.2) is 0 Å². The van der Waals surface area contributed by atoms with Crippen molar-refractivity contribution in [3.05, 3.63) is 11.6 Å². The predicted octanol–water partition coefficient (Wildman–Crippen LogP) is 0.983. The summed E-state index contributed by atoms with van der Waals surface area (Å²) in [6, 6.07) is 0. The molecule has 4 nitrogen and oxygen atoms in total. The van der Waals surface area contributed by atoms with Crippen LogP contribution in [0, 0.1) is 11.8 Å². The van der Waals surface area contributed by atoms with Crippen molar-refractivity contribution < 1.29 is 19.4 Å². The smallest absolute Gasteiger partial charge is 0.306 e. The van der Waals surface area contributed by atoms with Crippen molar-refractivity contribution in [1.82, 2.24) is 0 Å². The van der Waals surface area contributed by atoms with E-state index in [1.807, 2.05) is 0 Å². The van der Waals surface area contributed by atoms with Crippen LogP contribution in [0.25, 0.3) is 0 Å². The summed E-state index contributed by atoms with van der Waals surface area (Å²) < 4.78 is 4.48. The third kappa shape index (κ3) is 4.83. The number of rotatable bonds is 4. The summed E-state index contributed by atoms with van der Waals surface area (Å²) in [7, 11) is 1.35. The standard InChI is InChI=1S/C13H16O4/c1-17-13(16)7-5-3-2-4-6-10-8-11(14)9-12(10)15/h8,11,14H,4-7,9H2,1H3/t11-/m1/s1. The molecule has 0 spiro atoms. The summed E-state index contributed by atoms with van der Waals surface area (Å²) >= 11 is 0. The Morgan fingerprint density at radius 3 is 2.82 bits per heavy atom. The second-order valence-corrected chi connectivity index (χ2v) is 3.82. The zero-order valence-electron chi connectivity index (χ0n) is 9.86. The average molecular weight is 236 g/mol. The molecular formula is C13H16O4. The Bertz CT molecular complexity index is 384. The van der Waals surface area contributed by atoms with Crippen LogP contribution >= 0.6 is 0 Å². The van der Waals surface area contributed by atoms with Gasteiger partial charge in [0.05, 0.1) is 19.6 Å². The summed E-state index contributed by atoms with van der Waals surface area (Å²) in [5.74, 6) is 5.48. The lowest BCUT2D eigenvalue weighted by atomic mass is 10.1. The minimum atomic E-state index is -0.621. The van der Waals surface area contributed by atoms with Gasteiger partial charge in [0.2, 0.25) is 0 Å². The minimum absolute atomic E-state index is 0.00820. The van der Waals surface area contributed by atoms with Crippen LogP contribution in [0.2, 0.25) is 0 Å². The first-order valence-electron chi connectivity index (χ1n) is 5.58. The Balaban J connectivity index is 2.20. The van der Waals surface area contributed by atoms with Gasteiger partial charge in [-0.05, 0) is 18.1 Å². The third-order valence-electron chi connectivity index (χ3n) is 2.47. The Hall–Kier alpha value is -1.60. The first-order chi connectivity index (χ1) is 8.13. The number of carbonyl (C=O) groups excluding carboxylic acids is 2. The van der Waals surface area contributed by atoms with Crippen molar-refractivity contribution >= 4 is 11.8 Å². The van der Waals surface area contributed by atoms with E-state index in [1.54, 1.807) is 6.08 Å². The molecule has 0 heterocycles. The molecule has 1 rings (SSSR count). The van der Waals surface area contributed by atoms with E-state index < -0.39 is 6.10 Å². The van der Waals surface area contributed by atoms with E-state index in [1.165, 1.54) is 7.11 Å². The number of aliphatic hydroxyl groups excluding tert-OH is 1. The molecule has 1 N–H and O–H groups in total. The van der Waals surface area contributed by atoms with Gasteiger partial charge in [0.1, 0.15) is 0 Å². The van der Waals surface area contributed by atoms with E-state index >= 15 is 0 Å². The van der Waals surface area contributed by atoms with E-state index in [4.69, 9.17) is 0 Å². The van der Waals surface area contributed by atoms with Crippen LogP contribution in [-0.4, -0.2) is 30.1 Å². The maximum absolute atomic E-state index is 11.3. The van der Waals surface area contributed by atoms with Crippen molar-refractivity contribution in [2.24, 2.45) is 0 Å². The molecule has 0 radical (unpaired) electrons. The third-order valence-corrected chi connectivity index (χ3v) is 2.47. The minimum Gasteiger partial charge on any atom is -0.469 e. The number of ether oxygens (including phenoxy) is 1. The highest BCUT2D eigenvalue weighted by Crippen LogP contribution is 2.18. The second kappa shape index (κ2) is 6.87. The van der Waals surface area contributed by atoms with Gasteiger partial charge in [-0.1, -0.05) is 0 Å². The molecule has 0 amide bonds. The fourth-order valence-electron chi connectivity index (χ4n) is 1.57. The van der Waals surface area contributed by atoms with Crippen LogP contribution in [0.5, 0.6) is 0 Å². The number of allylic oxidation sites excluding steroid dienone is 1. The Labute approximate surface area is 101 Å². The Kier molecular flexibility index (Phi) is 5.44. The lowest BCUT2D eigenvalue weighted by molar-refractivity contribution is -0.140. The molecule has 1 aliphatic rings. The van der Waals surface area contributed by atoms with Crippen molar-refractivity contribution in [1.29, 1.82) is 0 Å². The van der Waals surface area contributed by atoms with Crippen molar-refractivity contribution in [3.8, 4) is 11.8 Å². The SMILES string of the molecule is COC(=O)CCC#CCCC1=C[C@@H](O)CC1=O. The summed E-state index contributed by atoms with van der Waals surface area (Å²) in [5.41, 5.74) is 0.666. The van der Waals surface area contributed by atoms with Gasteiger partial charge in [0.15, 0.2) is 5.78 Å². The van der Waals surface area contributed by atoms with Crippen LogP contribution in [0.15, 0.2) is 11.6 Å². The van der Waals surface area contributed by atoms with Gasteiger partial charge < -0.3 is 9.84 Å². The molecule has 0 bridgehead atoms. The van der Waals surface area contributed by atoms with Gasteiger partial charge in [0, 0.05) is 19.3 Å². The molecule has 92 valence electrons. The number of carbonyl (C=O) groups is 2. The molecule has 0 saturated carbocycles. The lowest BCUT2D eigenvalue weighted by Gasteiger charge is -1.94. The number of hydrogen-bond acceptors (Lipinski definition) is 4. The van der Waals surface area contributed by atoms with Crippen LogP contribution in [0.1, 0.15) is 32.1 Å². The zero-order chi connectivity index (χ0) is 12.7. The fourth-order valence-corrected chi connectivity index (χ4v) is 1.57. The fraction of sp³-hybridized carbons (Fsp3) is 0.538. The van der Waals surface area contributed by atoms with Gasteiger partial charge in [-0.3, -0.25) is 9.59 Å². The molecule has 1 aliphatic carbocycles. The maximum Gasteiger partial charge on any atom is 0.306 e. The quantitative estimate of drug-likeness (QED) is 0.584. The number of esters is 1. The van der Waals surface area contributed by atoms with Crippen LogP contribution in [0.3, 0.4) is 0 Å². The number of ketones is 1. The average Bonchev–Trinajstić information content (AvgIpc) is 2.62. The zero-order valence-corrected chi connectivity index (χ0v) is 9.86. The van der Waals surface area contributed by atoms with E-state index in [0.717, 1.165) is 0 Å². The van der Waals surface area contributed by atoms with Crippen LogP contribution in [-0.2, 0) is 14.3 Å². The van der Waals surface area contributed by atoms with Gasteiger partial charge in [-0.2, -0.15) is 0 Å².